The van der Waals surface area contributed by atoms with Crippen molar-refractivity contribution in [1.29, 1.82) is 0 Å². The Bertz CT molecular complexity index is 442. The normalized spacial score (nSPS) is 19.4. The zero-order chi connectivity index (χ0) is 14.6. The lowest BCUT2D eigenvalue weighted by Gasteiger charge is -2.37. The Balaban J connectivity index is 2.00. The number of rotatable bonds is 5. The number of amides is 1. The molecule has 1 aliphatic rings. The molecule has 0 saturated carbocycles. The maximum atomic E-state index is 12.0. The van der Waals surface area contributed by atoms with Gasteiger partial charge in [-0.15, -0.1) is 0 Å². The third-order valence-corrected chi connectivity index (χ3v) is 4.13. The van der Waals surface area contributed by atoms with Crippen LogP contribution in [0.25, 0.3) is 0 Å². The predicted octanol–water partition coefficient (Wildman–Crippen LogP) is 3.38. The van der Waals surface area contributed by atoms with Gasteiger partial charge in [-0.3, -0.25) is 4.79 Å². The summed E-state index contributed by atoms with van der Waals surface area (Å²) in [6.07, 6.45) is 2.69. The number of hydrogen-bond acceptors (Lipinski definition) is 2. The van der Waals surface area contributed by atoms with Crippen LogP contribution in [-0.2, 0) is 16.1 Å². The summed E-state index contributed by atoms with van der Waals surface area (Å²) in [6, 6.07) is 10.4. The van der Waals surface area contributed by atoms with Crippen LogP contribution >= 0.6 is 0 Å². The fourth-order valence-corrected chi connectivity index (χ4v) is 2.93. The van der Waals surface area contributed by atoms with E-state index in [1.165, 1.54) is 5.56 Å². The lowest BCUT2D eigenvalue weighted by atomic mass is 9.95. The third kappa shape index (κ3) is 3.40. The molecule has 1 aromatic carbocycles. The summed E-state index contributed by atoms with van der Waals surface area (Å²) in [5.41, 5.74) is 0.865. The van der Waals surface area contributed by atoms with Gasteiger partial charge in [0.25, 0.3) is 0 Å². The molecule has 0 aliphatic carbocycles. The zero-order valence-corrected chi connectivity index (χ0v) is 12.8. The summed E-state index contributed by atoms with van der Waals surface area (Å²) < 4.78 is 6.13. The molecule has 1 amide bonds. The second-order valence-corrected chi connectivity index (χ2v) is 5.98. The molecule has 0 spiro atoms. The van der Waals surface area contributed by atoms with Crippen LogP contribution in [0.5, 0.6) is 0 Å². The summed E-state index contributed by atoms with van der Waals surface area (Å²) in [4.78, 5) is 14.0. The van der Waals surface area contributed by atoms with Crippen molar-refractivity contribution >= 4 is 5.91 Å². The van der Waals surface area contributed by atoms with Gasteiger partial charge < -0.3 is 9.64 Å². The smallest absolute Gasteiger partial charge is 0.222 e. The van der Waals surface area contributed by atoms with E-state index in [2.05, 4.69) is 26.0 Å². The van der Waals surface area contributed by atoms with E-state index in [0.29, 0.717) is 13.0 Å². The van der Waals surface area contributed by atoms with Crippen LogP contribution in [0.1, 0.15) is 45.6 Å². The molecule has 1 saturated heterocycles. The van der Waals surface area contributed by atoms with Crippen molar-refractivity contribution in [3.05, 3.63) is 35.9 Å². The summed E-state index contributed by atoms with van der Waals surface area (Å²) in [5, 5.41) is 0. The molecule has 1 atom stereocenters. The highest BCUT2D eigenvalue weighted by Gasteiger charge is 2.39. The summed E-state index contributed by atoms with van der Waals surface area (Å²) in [6.45, 7) is 7.59. The SMILES string of the molecule is CCC(=O)N1CCCC1C(C)(C)OCc1ccccc1. The minimum Gasteiger partial charge on any atom is -0.369 e. The molecule has 1 fully saturated rings. The molecular weight excluding hydrogens is 250 g/mol. The standard InChI is InChI=1S/C17H25NO2/c1-4-16(19)18-12-8-11-15(18)17(2,3)20-13-14-9-6-5-7-10-14/h5-7,9-10,15H,4,8,11-13H2,1-3H3. The molecule has 1 aliphatic heterocycles. The van der Waals surface area contributed by atoms with E-state index in [9.17, 15) is 4.79 Å². The Labute approximate surface area is 121 Å². The molecule has 20 heavy (non-hydrogen) atoms. The number of nitrogens with zero attached hydrogens (tertiary/aromatic N) is 1. The fraction of sp³-hybridized carbons (Fsp3) is 0.588. The zero-order valence-electron chi connectivity index (χ0n) is 12.8. The highest BCUT2D eigenvalue weighted by atomic mass is 16.5. The molecule has 0 N–H and O–H groups in total. The van der Waals surface area contributed by atoms with Crippen LogP contribution in [0, 0.1) is 0 Å². The van der Waals surface area contributed by atoms with Gasteiger partial charge >= 0.3 is 0 Å². The lowest BCUT2D eigenvalue weighted by molar-refractivity contribution is -0.140. The van der Waals surface area contributed by atoms with Gasteiger partial charge in [0.2, 0.25) is 5.91 Å². The van der Waals surface area contributed by atoms with Gasteiger partial charge in [-0.05, 0) is 32.3 Å². The molecule has 1 aromatic rings. The maximum absolute atomic E-state index is 12.0. The molecule has 1 unspecified atom stereocenters. The number of carbonyl (C=O) groups excluding carboxylic acids is 1. The maximum Gasteiger partial charge on any atom is 0.222 e. The quantitative estimate of drug-likeness (QED) is 0.824. The highest BCUT2D eigenvalue weighted by molar-refractivity contribution is 5.76. The molecule has 110 valence electrons. The van der Waals surface area contributed by atoms with Crippen molar-refractivity contribution in [2.24, 2.45) is 0 Å². The number of ether oxygens (including phenoxy) is 1. The van der Waals surface area contributed by atoms with Crippen LogP contribution in [0.3, 0.4) is 0 Å². The van der Waals surface area contributed by atoms with Crippen LogP contribution in [0.4, 0.5) is 0 Å². The van der Waals surface area contributed by atoms with E-state index in [0.717, 1.165) is 19.4 Å². The molecule has 3 heteroatoms. The molecule has 2 rings (SSSR count). The minimum absolute atomic E-state index is 0.193. The summed E-state index contributed by atoms with van der Waals surface area (Å²) in [7, 11) is 0. The van der Waals surface area contributed by atoms with Crippen LogP contribution < -0.4 is 0 Å². The van der Waals surface area contributed by atoms with Crippen molar-refractivity contribution in [3.63, 3.8) is 0 Å². The molecule has 0 radical (unpaired) electrons. The number of hydrogen-bond donors (Lipinski definition) is 0. The topological polar surface area (TPSA) is 29.5 Å². The van der Waals surface area contributed by atoms with Gasteiger partial charge in [0.05, 0.1) is 18.2 Å². The van der Waals surface area contributed by atoms with Gasteiger partial charge in [0, 0.05) is 13.0 Å². The van der Waals surface area contributed by atoms with Crippen molar-refractivity contribution in [2.75, 3.05) is 6.54 Å². The van der Waals surface area contributed by atoms with E-state index in [1.54, 1.807) is 0 Å². The van der Waals surface area contributed by atoms with E-state index in [-0.39, 0.29) is 17.6 Å². The second-order valence-electron chi connectivity index (χ2n) is 5.98. The molecule has 0 bridgehead atoms. The Morgan fingerprint density at radius 2 is 2.05 bits per heavy atom. The minimum atomic E-state index is -0.308. The second kappa shape index (κ2) is 6.40. The van der Waals surface area contributed by atoms with Crippen molar-refractivity contribution in [2.45, 2.75) is 58.3 Å². The first-order valence-corrected chi connectivity index (χ1v) is 7.52. The Morgan fingerprint density at radius 3 is 2.70 bits per heavy atom. The van der Waals surface area contributed by atoms with Gasteiger partial charge in [-0.25, -0.2) is 0 Å². The number of benzene rings is 1. The average molecular weight is 275 g/mol. The lowest BCUT2D eigenvalue weighted by Crippen LogP contribution is -2.49. The molecule has 1 heterocycles. The number of carbonyl (C=O) groups is 1. The fourth-order valence-electron chi connectivity index (χ4n) is 2.93. The number of likely N-dealkylation sites (tertiary alicyclic amines) is 1. The van der Waals surface area contributed by atoms with Crippen molar-refractivity contribution < 1.29 is 9.53 Å². The summed E-state index contributed by atoms with van der Waals surface area (Å²) >= 11 is 0. The first kappa shape index (κ1) is 15.0. The van der Waals surface area contributed by atoms with Crippen LogP contribution in [-0.4, -0.2) is 29.0 Å². The third-order valence-electron chi connectivity index (χ3n) is 4.13. The Morgan fingerprint density at radius 1 is 1.35 bits per heavy atom. The molecule has 3 nitrogen and oxygen atoms in total. The van der Waals surface area contributed by atoms with Crippen LogP contribution in [0.2, 0.25) is 0 Å². The van der Waals surface area contributed by atoms with E-state index in [1.807, 2.05) is 30.0 Å². The first-order chi connectivity index (χ1) is 9.54. The van der Waals surface area contributed by atoms with Gasteiger partial charge in [-0.1, -0.05) is 37.3 Å². The van der Waals surface area contributed by atoms with Gasteiger partial charge in [0.1, 0.15) is 0 Å². The Kier molecular flexibility index (Phi) is 4.81. The van der Waals surface area contributed by atoms with Crippen molar-refractivity contribution in [3.8, 4) is 0 Å². The predicted molar refractivity (Wildman–Crippen MR) is 80.3 cm³/mol. The van der Waals surface area contributed by atoms with Gasteiger partial charge in [-0.2, -0.15) is 0 Å². The van der Waals surface area contributed by atoms with E-state index in [4.69, 9.17) is 4.74 Å². The highest BCUT2D eigenvalue weighted by Crippen LogP contribution is 2.30. The molecular formula is C17H25NO2. The van der Waals surface area contributed by atoms with Crippen LogP contribution in [0.15, 0.2) is 30.3 Å². The van der Waals surface area contributed by atoms with Crippen molar-refractivity contribution in [1.82, 2.24) is 4.90 Å². The first-order valence-electron chi connectivity index (χ1n) is 7.52. The summed E-state index contributed by atoms with van der Waals surface area (Å²) in [5.74, 6) is 0.240. The monoisotopic (exact) mass is 275 g/mol. The van der Waals surface area contributed by atoms with E-state index < -0.39 is 0 Å². The largest absolute Gasteiger partial charge is 0.369 e. The average Bonchev–Trinajstić information content (AvgIpc) is 2.96. The van der Waals surface area contributed by atoms with Gasteiger partial charge in [0.15, 0.2) is 0 Å². The van der Waals surface area contributed by atoms with E-state index >= 15 is 0 Å². The molecule has 0 aromatic heterocycles. The Hall–Kier alpha value is -1.35.